The summed E-state index contributed by atoms with van der Waals surface area (Å²) in [6, 6.07) is 0. The molecule has 11 heavy (non-hydrogen) atoms. The van der Waals surface area contributed by atoms with Crippen LogP contribution < -0.4 is 9.88 Å². The fourth-order valence-electron chi connectivity index (χ4n) is 1.45. The molecule has 0 radical (unpaired) electrons. The molecule has 2 heterocycles. The Kier molecular flexibility index (Phi) is 1.27. The quantitative estimate of drug-likeness (QED) is 0.583. The van der Waals surface area contributed by atoms with Crippen LogP contribution in [0.5, 0.6) is 0 Å². The van der Waals surface area contributed by atoms with Gasteiger partial charge in [0.15, 0.2) is 0 Å². The first-order valence-electron chi connectivity index (χ1n) is 3.85. The van der Waals surface area contributed by atoms with E-state index in [0.717, 1.165) is 6.54 Å². The number of aromatic nitrogens is 1. The molecule has 0 atom stereocenters. The maximum Gasteiger partial charge on any atom is 0.334 e. The summed E-state index contributed by atoms with van der Waals surface area (Å²) in [6.07, 6.45) is 0. The van der Waals surface area contributed by atoms with Gasteiger partial charge in [0.1, 0.15) is 17.8 Å². The van der Waals surface area contributed by atoms with Crippen molar-refractivity contribution in [3.8, 4) is 0 Å². The molecule has 1 aliphatic heterocycles. The van der Waals surface area contributed by atoms with Gasteiger partial charge in [0.05, 0.1) is 0 Å². The van der Waals surface area contributed by atoms with Crippen LogP contribution in [0.3, 0.4) is 0 Å². The second kappa shape index (κ2) is 1.97. The van der Waals surface area contributed by atoms with Crippen LogP contribution in [0.4, 0.5) is 5.13 Å². The van der Waals surface area contributed by atoms with E-state index >= 15 is 0 Å². The van der Waals surface area contributed by atoms with Crippen LogP contribution in [0, 0.1) is 6.92 Å². The highest BCUT2D eigenvalue weighted by Crippen LogP contribution is 2.24. The van der Waals surface area contributed by atoms with Gasteiger partial charge in [-0.2, -0.15) is 0 Å². The Morgan fingerprint density at radius 3 is 3.00 bits per heavy atom. The third-order valence-electron chi connectivity index (χ3n) is 2.01. The molecule has 0 amide bonds. The van der Waals surface area contributed by atoms with Crippen molar-refractivity contribution in [1.82, 2.24) is 0 Å². The van der Waals surface area contributed by atoms with Crippen LogP contribution in [0.15, 0.2) is 5.38 Å². The molecule has 0 saturated heterocycles. The van der Waals surface area contributed by atoms with Gasteiger partial charge in [0.2, 0.25) is 0 Å². The van der Waals surface area contributed by atoms with Crippen molar-refractivity contribution in [2.24, 2.45) is 0 Å². The molecule has 0 bridgehead atoms. The summed E-state index contributed by atoms with van der Waals surface area (Å²) >= 11 is 1.79. The topological polar surface area (TPSA) is 15.9 Å². The van der Waals surface area contributed by atoms with E-state index in [2.05, 4.69) is 36.0 Å². The predicted octanol–water partition coefficient (Wildman–Crippen LogP) is 1.55. The standard InChI is InChI=1S/C8H12N2S/c1-6-4-11-7-9-8(2,3)5-10(6)7/h4H,5H2,1-3H3/p+1. The highest BCUT2D eigenvalue weighted by Gasteiger charge is 2.37. The molecule has 1 aromatic rings. The summed E-state index contributed by atoms with van der Waals surface area (Å²) in [6.45, 7) is 7.71. The Bertz CT molecular complexity index is 288. The van der Waals surface area contributed by atoms with Gasteiger partial charge >= 0.3 is 5.13 Å². The van der Waals surface area contributed by atoms with Gasteiger partial charge in [0.25, 0.3) is 0 Å². The van der Waals surface area contributed by atoms with Gasteiger partial charge in [-0.1, -0.05) is 11.3 Å². The van der Waals surface area contributed by atoms with Crippen molar-refractivity contribution in [2.75, 3.05) is 5.32 Å². The molecular weight excluding hydrogens is 156 g/mol. The monoisotopic (exact) mass is 169 g/mol. The number of nitrogens with one attached hydrogen (secondary N) is 1. The zero-order valence-electron chi connectivity index (χ0n) is 7.14. The molecule has 0 spiro atoms. The molecule has 3 heteroatoms. The molecule has 0 aromatic carbocycles. The summed E-state index contributed by atoms with van der Waals surface area (Å²) in [4.78, 5) is 0. The highest BCUT2D eigenvalue weighted by molar-refractivity contribution is 7.13. The van der Waals surface area contributed by atoms with Crippen molar-refractivity contribution < 1.29 is 4.57 Å². The predicted molar refractivity (Wildman–Crippen MR) is 47.0 cm³/mol. The Morgan fingerprint density at radius 1 is 1.64 bits per heavy atom. The molecule has 0 fully saturated rings. The van der Waals surface area contributed by atoms with E-state index in [1.165, 1.54) is 10.8 Å². The van der Waals surface area contributed by atoms with E-state index in [4.69, 9.17) is 0 Å². The fraction of sp³-hybridized carbons (Fsp3) is 0.625. The lowest BCUT2D eigenvalue weighted by Gasteiger charge is -2.09. The molecule has 2 rings (SSSR count). The first-order valence-corrected chi connectivity index (χ1v) is 4.73. The molecule has 0 aliphatic carbocycles. The lowest BCUT2D eigenvalue weighted by Crippen LogP contribution is -2.38. The van der Waals surface area contributed by atoms with Crippen LogP contribution in [0.25, 0.3) is 0 Å². The van der Waals surface area contributed by atoms with Crippen LogP contribution >= 0.6 is 11.3 Å². The van der Waals surface area contributed by atoms with E-state index in [0.29, 0.717) is 0 Å². The minimum atomic E-state index is 0.248. The third kappa shape index (κ3) is 1.03. The Hall–Kier alpha value is -0.570. The molecule has 1 aliphatic rings. The second-order valence-electron chi connectivity index (χ2n) is 3.78. The van der Waals surface area contributed by atoms with Gasteiger partial charge in [-0.3, -0.25) is 5.32 Å². The van der Waals surface area contributed by atoms with Gasteiger partial charge in [-0.25, -0.2) is 4.57 Å². The Labute approximate surface area is 70.9 Å². The zero-order valence-corrected chi connectivity index (χ0v) is 7.96. The van der Waals surface area contributed by atoms with Gasteiger partial charge in [-0.05, 0) is 20.8 Å². The number of fused-ring (bicyclic) bond motifs is 1. The lowest BCUT2D eigenvalue weighted by molar-refractivity contribution is -0.678. The van der Waals surface area contributed by atoms with Gasteiger partial charge in [0, 0.05) is 5.38 Å². The van der Waals surface area contributed by atoms with Gasteiger partial charge in [-0.15, -0.1) is 0 Å². The van der Waals surface area contributed by atoms with Gasteiger partial charge < -0.3 is 0 Å². The maximum absolute atomic E-state index is 3.48. The van der Waals surface area contributed by atoms with Crippen molar-refractivity contribution in [2.45, 2.75) is 32.9 Å². The summed E-state index contributed by atoms with van der Waals surface area (Å²) < 4.78 is 2.34. The molecule has 0 unspecified atom stereocenters. The van der Waals surface area contributed by atoms with Crippen LogP contribution in [0.2, 0.25) is 0 Å². The number of thiazole rings is 1. The largest absolute Gasteiger partial charge is 0.334 e. The fourth-order valence-corrected chi connectivity index (χ4v) is 2.53. The third-order valence-corrected chi connectivity index (χ3v) is 3.02. The van der Waals surface area contributed by atoms with Crippen molar-refractivity contribution >= 4 is 16.5 Å². The second-order valence-corrected chi connectivity index (χ2v) is 4.64. The van der Waals surface area contributed by atoms with Crippen molar-refractivity contribution in [3.63, 3.8) is 0 Å². The van der Waals surface area contributed by atoms with Crippen molar-refractivity contribution in [3.05, 3.63) is 11.1 Å². The molecule has 1 N–H and O–H groups in total. The summed E-state index contributed by atoms with van der Waals surface area (Å²) in [5, 5.41) is 6.97. The van der Waals surface area contributed by atoms with Crippen molar-refractivity contribution in [1.29, 1.82) is 0 Å². The molecule has 0 saturated carbocycles. The number of nitrogens with zero attached hydrogens (tertiary/aromatic N) is 1. The number of hydrogen-bond donors (Lipinski definition) is 1. The average Bonchev–Trinajstić information content (AvgIpc) is 2.31. The molecule has 60 valence electrons. The first kappa shape index (κ1) is 7.10. The average molecular weight is 169 g/mol. The minimum Gasteiger partial charge on any atom is -0.256 e. The van der Waals surface area contributed by atoms with E-state index in [9.17, 15) is 0 Å². The number of aryl methyl sites for hydroxylation is 1. The summed E-state index contributed by atoms with van der Waals surface area (Å²) in [5.74, 6) is 0. The minimum absolute atomic E-state index is 0.248. The van der Waals surface area contributed by atoms with Crippen LogP contribution in [0.1, 0.15) is 19.5 Å². The number of rotatable bonds is 0. The van der Waals surface area contributed by atoms with E-state index in [1.54, 1.807) is 11.3 Å². The number of anilines is 1. The SMILES string of the molecule is Cc1csc2[n+]1CC(C)(C)N2. The molecule has 1 aromatic heterocycles. The zero-order chi connectivity index (χ0) is 8.06. The van der Waals surface area contributed by atoms with E-state index < -0.39 is 0 Å². The Balaban J connectivity index is 2.42. The smallest absolute Gasteiger partial charge is 0.256 e. The number of hydrogen-bond acceptors (Lipinski definition) is 2. The van der Waals surface area contributed by atoms with E-state index in [1.807, 2.05) is 0 Å². The van der Waals surface area contributed by atoms with E-state index in [-0.39, 0.29) is 5.54 Å². The maximum atomic E-state index is 3.48. The normalized spacial score (nSPS) is 19.5. The molecule has 2 nitrogen and oxygen atoms in total. The van der Waals surface area contributed by atoms with Crippen LogP contribution in [-0.4, -0.2) is 5.54 Å². The lowest BCUT2D eigenvalue weighted by atomic mass is 10.1. The summed E-state index contributed by atoms with van der Waals surface area (Å²) in [7, 11) is 0. The summed E-state index contributed by atoms with van der Waals surface area (Å²) in [5.41, 5.74) is 1.61. The first-order chi connectivity index (χ1) is 5.08. The molecular formula is C8H13N2S+. The Morgan fingerprint density at radius 2 is 2.36 bits per heavy atom. The van der Waals surface area contributed by atoms with Crippen LogP contribution in [-0.2, 0) is 6.54 Å². The highest BCUT2D eigenvalue weighted by atomic mass is 32.1.